The highest BCUT2D eigenvalue weighted by atomic mass is 127. The number of ether oxygens (including phenoxy) is 1. The van der Waals surface area contributed by atoms with Crippen molar-refractivity contribution >= 4 is 61.4 Å². The Morgan fingerprint density at radius 1 is 1.43 bits per heavy atom. The van der Waals surface area contributed by atoms with Gasteiger partial charge in [0, 0.05) is 26.1 Å². The maximum Gasteiger partial charge on any atom is 0.350 e. The molecule has 118 valence electrons. The molecule has 0 amide bonds. The fourth-order valence-corrected chi connectivity index (χ4v) is 3.60. The van der Waals surface area contributed by atoms with E-state index in [1.807, 2.05) is 28.7 Å². The minimum absolute atomic E-state index is 0.280. The first-order valence-electron chi connectivity index (χ1n) is 6.86. The van der Waals surface area contributed by atoms with Crippen LogP contribution < -0.4 is 5.32 Å². The smallest absolute Gasteiger partial charge is 0.350 e. The SMILES string of the molecule is CCOC(=O)c1sc2ccncc2c1Nc1ccc(I)cc1F. The summed E-state index contributed by atoms with van der Waals surface area (Å²) < 4.78 is 20.9. The van der Waals surface area contributed by atoms with Crippen molar-refractivity contribution in [2.24, 2.45) is 0 Å². The van der Waals surface area contributed by atoms with E-state index >= 15 is 0 Å². The number of nitrogens with zero attached hydrogens (tertiary/aromatic N) is 1. The highest BCUT2D eigenvalue weighted by Gasteiger charge is 2.20. The molecule has 1 N–H and O–H groups in total. The molecule has 0 spiro atoms. The van der Waals surface area contributed by atoms with Crippen molar-refractivity contribution in [3.05, 3.63) is 50.9 Å². The topological polar surface area (TPSA) is 51.2 Å². The molecule has 0 atom stereocenters. The Balaban J connectivity index is 2.10. The summed E-state index contributed by atoms with van der Waals surface area (Å²) in [5, 5.41) is 3.78. The third kappa shape index (κ3) is 3.30. The van der Waals surface area contributed by atoms with Crippen LogP contribution in [0.1, 0.15) is 16.6 Å². The fourth-order valence-electron chi connectivity index (χ4n) is 2.13. The number of esters is 1. The molecule has 1 aromatic carbocycles. The molecular weight excluding hydrogens is 430 g/mol. The van der Waals surface area contributed by atoms with Crippen LogP contribution in [-0.2, 0) is 4.74 Å². The lowest BCUT2D eigenvalue weighted by Gasteiger charge is -2.09. The number of thiophene rings is 1. The van der Waals surface area contributed by atoms with Crippen LogP contribution in [0.15, 0.2) is 36.7 Å². The number of pyridine rings is 1. The van der Waals surface area contributed by atoms with Gasteiger partial charge in [0.05, 0.1) is 18.0 Å². The Bertz CT molecular complexity index is 882. The van der Waals surface area contributed by atoms with Gasteiger partial charge in [-0.25, -0.2) is 9.18 Å². The zero-order valence-electron chi connectivity index (χ0n) is 12.1. The van der Waals surface area contributed by atoms with Crippen LogP contribution in [-0.4, -0.2) is 17.6 Å². The quantitative estimate of drug-likeness (QED) is 0.459. The number of carbonyl (C=O) groups excluding carboxylic acids is 1. The summed E-state index contributed by atoms with van der Waals surface area (Å²) in [6.07, 6.45) is 3.31. The highest BCUT2D eigenvalue weighted by molar-refractivity contribution is 14.1. The standard InChI is InChI=1S/C16H12FIN2O2S/c1-2-22-16(21)15-14(10-8-19-6-5-13(10)23-15)20-12-4-3-9(18)7-11(12)17/h3-8,20H,2H2,1H3. The average molecular weight is 442 g/mol. The van der Waals surface area contributed by atoms with Crippen molar-refractivity contribution in [2.45, 2.75) is 6.92 Å². The molecule has 3 rings (SSSR count). The molecule has 3 aromatic rings. The molecule has 0 saturated heterocycles. The molecule has 2 aromatic heterocycles. The Hall–Kier alpha value is -1.74. The summed E-state index contributed by atoms with van der Waals surface area (Å²) in [5.74, 6) is -0.808. The second-order valence-corrected chi connectivity index (χ2v) is 6.95. The van der Waals surface area contributed by atoms with Crippen molar-refractivity contribution in [3.63, 3.8) is 0 Å². The van der Waals surface area contributed by atoms with Crippen LogP contribution in [0.2, 0.25) is 0 Å². The predicted octanol–water partition coefficient (Wildman–Crippen LogP) is 4.96. The van der Waals surface area contributed by atoms with Crippen LogP contribution in [0.3, 0.4) is 0 Å². The number of anilines is 2. The van der Waals surface area contributed by atoms with Crippen molar-refractivity contribution in [1.29, 1.82) is 0 Å². The summed E-state index contributed by atoms with van der Waals surface area (Å²) in [6.45, 7) is 2.03. The van der Waals surface area contributed by atoms with Gasteiger partial charge in [0.25, 0.3) is 0 Å². The molecule has 7 heteroatoms. The maximum absolute atomic E-state index is 14.1. The summed E-state index contributed by atoms with van der Waals surface area (Å²) >= 11 is 3.34. The van der Waals surface area contributed by atoms with E-state index in [2.05, 4.69) is 10.3 Å². The van der Waals surface area contributed by atoms with Gasteiger partial charge in [0.1, 0.15) is 10.7 Å². The van der Waals surface area contributed by atoms with E-state index < -0.39 is 5.97 Å². The highest BCUT2D eigenvalue weighted by Crippen LogP contribution is 2.38. The first-order chi connectivity index (χ1) is 11.1. The van der Waals surface area contributed by atoms with Crippen LogP contribution in [0.5, 0.6) is 0 Å². The summed E-state index contributed by atoms with van der Waals surface area (Å²) in [4.78, 5) is 16.7. The van der Waals surface area contributed by atoms with Gasteiger partial charge in [-0.3, -0.25) is 4.98 Å². The lowest BCUT2D eigenvalue weighted by Crippen LogP contribution is -2.05. The first-order valence-corrected chi connectivity index (χ1v) is 8.75. The van der Waals surface area contributed by atoms with Gasteiger partial charge in [-0.05, 0) is 53.8 Å². The summed E-state index contributed by atoms with van der Waals surface area (Å²) in [5.41, 5.74) is 0.830. The number of benzene rings is 1. The van der Waals surface area contributed by atoms with E-state index in [1.165, 1.54) is 17.4 Å². The zero-order chi connectivity index (χ0) is 16.4. The number of nitrogens with one attached hydrogen (secondary N) is 1. The number of rotatable bonds is 4. The second-order valence-electron chi connectivity index (χ2n) is 4.65. The molecular formula is C16H12FIN2O2S. The number of hydrogen-bond acceptors (Lipinski definition) is 5. The Labute approximate surface area is 149 Å². The number of hydrogen-bond donors (Lipinski definition) is 1. The fraction of sp³-hybridized carbons (Fsp3) is 0.125. The first kappa shape index (κ1) is 16.1. The van der Waals surface area contributed by atoms with Gasteiger partial charge in [-0.15, -0.1) is 11.3 Å². The van der Waals surface area contributed by atoms with E-state index in [0.717, 1.165) is 13.7 Å². The Morgan fingerprint density at radius 3 is 3.00 bits per heavy atom. The molecule has 0 aliphatic carbocycles. The van der Waals surface area contributed by atoms with Gasteiger partial charge in [-0.1, -0.05) is 0 Å². The van der Waals surface area contributed by atoms with Gasteiger partial charge < -0.3 is 10.1 Å². The molecule has 0 bridgehead atoms. The lowest BCUT2D eigenvalue weighted by atomic mass is 10.2. The molecule has 0 unspecified atom stereocenters. The second kappa shape index (κ2) is 6.79. The molecule has 0 saturated carbocycles. The zero-order valence-corrected chi connectivity index (χ0v) is 15.1. The van der Waals surface area contributed by atoms with E-state index in [1.54, 1.807) is 31.5 Å². The largest absolute Gasteiger partial charge is 0.462 e. The van der Waals surface area contributed by atoms with Crippen molar-refractivity contribution in [1.82, 2.24) is 4.98 Å². The van der Waals surface area contributed by atoms with Crippen LogP contribution in [0.4, 0.5) is 15.8 Å². The van der Waals surface area contributed by atoms with Gasteiger partial charge >= 0.3 is 5.97 Å². The Kier molecular flexibility index (Phi) is 4.76. The normalized spacial score (nSPS) is 10.7. The van der Waals surface area contributed by atoms with Crippen molar-refractivity contribution in [3.8, 4) is 0 Å². The number of aromatic nitrogens is 1. The van der Waals surface area contributed by atoms with Crippen molar-refractivity contribution < 1.29 is 13.9 Å². The molecule has 0 aliphatic rings. The summed E-state index contributed by atoms with van der Waals surface area (Å²) in [6, 6.07) is 6.69. The van der Waals surface area contributed by atoms with Crippen LogP contribution >= 0.6 is 33.9 Å². The maximum atomic E-state index is 14.1. The third-order valence-electron chi connectivity index (χ3n) is 3.14. The molecule has 4 nitrogen and oxygen atoms in total. The molecule has 0 radical (unpaired) electrons. The lowest BCUT2D eigenvalue weighted by molar-refractivity contribution is 0.0533. The molecule has 0 aliphatic heterocycles. The minimum atomic E-state index is -0.429. The summed E-state index contributed by atoms with van der Waals surface area (Å²) in [7, 11) is 0. The van der Waals surface area contributed by atoms with Crippen LogP contribution in [0.25, 0.3) is 10.1 Å². The van der Waals surface area contributed by atoms with E-state index in [0.29, 0.717) is 16.3 Å². The number of halogens is 2. The third-order valence-corrected chi connectivity index (χ3v) is 4.96. The average Bonchev–Trinajstić information content (AvgIpc) is 2.89. The molecule has 0 fully saturated rings. The van der Waals surface area contributed by atoms with Gasteiger partial charge in [-0.2, -0.15) is 0 Å². The predicted molar refractivity (Wildman–Crippen MR) is 98.0 cm³/mol. The Morgan fingerprint density at radius 2 is 2.26 bits per heavy atom. The molecule has 2 heterocycles. The monoisotopic (exact) mass is 442 g/mol. The molecule has 23 heavy (non-hydrogen) atoms. The number of fused-ring (bicyclic) bond motifs is 1. The van der Waals surface area contributed by atoms with E-state index in [4.69, 9.17) is 4.74 Å². The van der Waals surface area contributed by atoms with Gasteiger partial charge in [0.15, 0.2) is 0 Å². The van der Waals surface area contributed by atoms with E-state index in [9.17, 15) is 9.18 Å². The van der Waals surface area contributed by atoms with Gasteiger partial charge in [0.2, 0.25) is 0 Å². The number of carbonyl (C=O) groups is 1. The van der Waals surface area contributed by atoms with Crippen molar-refractivity contribution in [2.75, 3.05) is 11.9 Å². The van der Waals surface area contributed by atoms with Crippen LogP contribution in [0, 0.1) is 9.39 Å². The minimum Gasteiger partial charge on any atom is -0.462 e. The van der Waals surface area contributed by atoms with E-state index in [-0.39, 0.29) is 12.4 Å².